The molecule has 0 aromatic carbocycles. The number of carbonyl (C=O) groups excluding carboxylic acids is 4. The highest BCUT2D eigenvalue weighted by Crippen LogP contribution is 2.33. The van der Waals surface area contributed by atoms with Crippen molar-refractivity contribution in [2.45, 2.75) is 44.3 Å². The van der Waals surface area contributed by atoms with Gasteiger partial charge in [0.15, 0.2) is 11.5 Å². The molecule has 12 heteroatoms. The summed E-state index contributed by atoms with van der Waals surface area (Å²) in [6, 6.07) is 4.58. The van der Waals surface area contributed by atoms with Crippen molar-refractivity contribution in [3.05, 3.63) is 54.2 Å². The Kier molecular flexibility index (Phi) is 6.62. The standard InChI is InChI=1S/C22H24N4O7S/c1-2-6-14(24-20(28)18-8-5-12-33-18)21(29)25-11-9-16-19(25)17(27)13-26(16)34(31,32)22(30)15-7-3-4-10-23-15/h3-5,7-8,10,12,14,16,19H,2,6,9,11,13H2,1H3,(H,24,28). The fourth-order valence-electron chi connectivity index (χ4n) is 4.45. The number of pyridine rings is 1. The largest absolute Gasteiger partial charge is 0.459 e. The molecule has 0 radical (unpaired) electrons. The lowest BCUT2D eigenvalue weighted by molar-refractivity contribution is -0.138. The van der Waals surface area contributed by atoms with E-state index < -0.39 is 57.4 Å². The van der Waals surface area contributed by atoms with Gasteiger partial charge in [0.05, 0.1) is 18.8 Å². The van der Waals surface area contributed by atoms with Gasteiger partial charge < -0.3 is 14.6 Å². The summed E-state index contributed by atoms with van der Waals surface area (Å²) >= 11 is 0. The maximum absolute atomic E-state index is 13.3. The van der Waals surface area contributed by atoms with Gasteiger partial charge in [-0.05, 0) is 37.1 Å². The minimum atomic E-state index is -4.52. The van der Waals surface area contributed by atoms with Gasteiger partial charge in [-0.1, -0.05) is 19.4 Å². The number of Topliss-reactive ketones (excluding diaryl/α,β-unsaturated/α-hetero) is 1. The van der Waals surface area contributed by atoms with Gasteiger partial charge in [0.25, 0.3) is 15.9 Å². The molecule has 0 bridgehead atoms. The van der Waals surface area contributed by atoms with Gasteiger partial charge in [0.1, 0.15) is 17.8 Å². The second-order valence-electron chi connectivity index (χ2n) is 8.14. The van der Waals surface area contributed by atoms with Crippen LogP contribution in [0.5, 0.6) is 0 Å². The molecule has 1 N–H and O–H groups in total. The second-order valence-corrected chi connectivity index (χ2v) is 9.93. The van der Waals surface area contributed by atoms with E-state index in [-0.39, 0.29) is 24.4 Å². The van der Waals surface area contributed by atoms with Crippen LogP contribution in [0.1, 0.15) is 47.2 Å². The summed E-state index contributed by atoms with van der Waals surface area (Å²) < 4.78 is 32.0. The number of amides is 2. The average molecular weight is 489 g/mol. The number of ketones is 1. The van der Waals surface area contributed by atoms with Gasteiger partial charge in [0, 0.05) is 12.7 Å². The molecule has 4 rings (SSSR count). The zero-order valence-corrected chi connectivity index (χ0v) is 19.2. The Labute approximate surface area is 196 Å². The minimum absolute atomic E-state index is 0.0513. The predicted octanol–water partition coefficient (Wildman–Crippen LogP) is 0.598. The van der Waals surface area contributed by atoms with E-state index in [1.165, 1.54) is 35.6 Å². The highest BCUT2D eigenvalue weighted by Gasteiger charge is 2.55. The van der Waals surface area contributed by atoms with E-state index >= 15 is 0 Å². The minimum Gasteiger partial charge on any atom is -0.459 e. The van der Waals surface area contributed by atoms with Gasteiger partial charge in [-0.15, -0.1) is 0 Å². The molecule has 4 heterocycles. The van der Waals surface area contributed by atoms with Crippen LogP contribution in [0.4, 0.5) is 0 Å². The van der Waals surface area contributed by atoms with Gasteiger partial charge in [-0.2, -0.15) is 4.31 Å². The van der Waals surface area contributed by atoms with E-state index in [1.54, 1.807) is 12.1 Å². The molecule has 2 saturated heterocycles. The zero-order valence-electron chi connectivity index (χ0n) is 18.4. The maximum atomic E-state index is 13.3. The van der Waals surface area contributed by atoms with Gasteiger partial charge in [0.2, 0.25) is 5.91 Å². The molecule has 0 spiro atoms. The number of furan rings is 1. The van der Waals surface area contributed by atoms with Crippen LogP contribution in [0, 0.1) is 0 Å². The van der Waals surface area contributed by atoms with Crippen molar-refractivity contribution in [2.24, 2.45) is 0 Å². The Balaban J connectivity index is 1.53. The summed E-state index contributed by atoms with van der Waals surface area (Å²) in [4.78, 5) is 56.4. The van der Waals surface area contributed by atoms with Gasteiger partial charge in [-0.3, -0.25) is 24.2 Å². The third-order valence-corrected chi connectivity index (χ3v) is 7.70. The first-order valence-corrected chi connectivity index (χ1v) is 12.3. The second kappa shape index (κ2) is 9.47. The van der Waals surface area contributed by atoms with E-state index in [4.69, 9.17) is 4.42 Å². The van der Waals surface area contributed by atoms with Crippen LogP contribution in [0.15, 0.2) is 47.2 Å². The lowest BCUT2D eigenvalue weighted by atomic mass is 10.1. The summed E-state index contributed by atoms with van der Waals surface area (Å²) in [5.74, 6) is -1.45. The van der Waals surface area contributed by atoms with Crippen LogP contribution in [-0.2, 0) is 19.6 Å². The molecular weight excluding hydrogens is 464 g/mol. The van der Waals surface area contributed by atoms with E-state index in [0.717, 1.165) is 4.31 Å². The molecule has 3 unspecified atom stereocenters. The fourth-order valence-corrected chi connectivity index (χ4v) is 5.92. The summed E-state index contributed by atoms with van der Waals surface area (Å²) in [6.45, 7) is 1.47. The molecule has 0 saturated carbocycles. The Morgan fingerprint density at radius 2 is 2.03 bits per heavy atom. The SMILES string of the molecule is CCCC(NC(=O)c1ccco1)C(=O)N1CCC2C1C(=O)CN2S(=O)(=O)C(=O)c1ccccn1. The van der Waals surface area contributed by atoms with Crippen LogP contribution in [0.25, 0.3) is 0 Å². The molecule has 2 aromatic rings. The molecule has 2 aliphatic heterocycles. The van der Waals surface area contributed by atoms with Crippen molar-refractivity contribution in [1.29, 1.82) is 0 Å². The van der Waals surface area contributed by atoms with Gasteiger partial charge in [-0.25, -0.2) is 8.42 Å². The molecule has 2 fully saturated rings. The molecule has 2 amide bonds. The molecular formula is C22H24N4O7S. The van der Waals surface area contributed by atoms with E-state index in [0.29, 0.717) is 12.8 Å². The fraction of sp³-hybridized carbons (Fsp3) is 0.409. The number of nitrogens with zero attached hydrogens (tertiary/aromatic N) is 3. The lowest BCUT2D eigenvalue weighted by Gasteiger charge is -2.28. The zero-order chi connectivity index (χ0) is 24.5. The van der Waals surface area contributed by atoms with E-state index in [2.05, 4.69) is 10.3 Å². The van der Waals surface area contributed by atoms with Crippen LogP contribution in [-0.4, -0.2) is 76.5 Å². The number of rotatable bonds is 7. The van der Waals surface area contributed by atoms with Crippen LogP contribution < -0.4 is 5.32 Å². The molecule has 0 aliphatic carbocycles. The van der Waals surface area contributed by atoms with E-state index in [9.17, 15) is 27.6 Å². The van der Waals surface area contributed by atoms with Crippen molar-refractivity contribution >= 4 is 32.7 Å². The Hall–Kier alpha value is -3.38. The number of nitrogens with one attached hydrogen (secondary N) is 1. The molecule has 3 atom stereocenters. The first-order chi connectivity index (χ1) is 16.3. The number of hydrogen-bond acceptors (Lipinski definition) is 8. The third kappa shape index (κ3) is 4.26. The number of carbonyl (C=O) groups is 4. The van der Waals surface area contributed by atoms with Crippen LogP contribution in [0.3, 0.4) is 0 Å². The molecule has 2 aliphatic rings. The van der Waals surface area contributed by atoms with Gasteiger partial charge >= 0.3 is 5.12 Å². The molecule has 2 aromatic heterocycles. The van der Waals surface area contributed by atoms with Crippen LogP contribution >= 0.6 is 0 Å². The maximum Gasteiger partial charge on any atom is 0.310 e. The predicted molar refractivity (Wildman–Crippen MR) is 118 cm³/mol. The number of likely N-dealkylation sites (tertiary alicyclic amines) is 1. The normalized spacial score (nSPS) is 21.3. The quantitative estimate of drug-likeness (QED) is 0.596. The number of fused-ring (bicyclic) bond motifs is 1. The van der Waals surface area contributed by atoms with Crippen molar-refractivity contribution in [3.8, 4) is 0 Å². The highest BCUT2D eigenvalue weighted by molar-refractivity contribution is 8.04. The summed E-state index contributed by atoms with van der Waals surface area (Å²) in [5, 5.41) is 1.45. The Bertz CT molecular complexity index is 1200. The monoisotopic (exact) mass is 488 g/mol. The number of sulfonamides is 1. The first kappa shape index (κ1) is 23.8. The number of aromatic nitrogens is 1. The van der Waals surface area contributed by atoms with Crippen molar-refractivity contribution in [1.82, 2.24) is 19.5 Å². The molecule has 34 heavy (non-hydrogen) atoms. The molecule has 180 valence electrons. The lowest BCUT2D eigenvalue weighted by Crippen LogP contribution is -2.52. The van der Waals surface area contributed by atoms with E-state index in [1.807, 2.05) is 6.92 Å². The van der Waals surface area contributed by atoms with Crippen molar-refractivity contribution in [2.75, 3.05) is 13.1 Å². The third-order valence-electron chi connectivity index (χ3n) is 6.00. The average Bonchev–Trinajstić information content (AvgIpc) is 3.57. The summed E-state index contributed by atoms with van der Waals surface area (Å²) in [6.07, 6.45) is 3.76. The topological polar surface area (TPSA) is 147 Å². The smallest absolute Gasteiger partial charge is 0.310 e. The van der Waals surface area contributed by atoms with Crippen LogP contribution in [0.2, 0.25) is 0 Å². The Morgan fingerprint density at radius 3 is 2.68 bits per heavy atom. The first-order valence-electron chi connectivity index (χ1n) is 10.9. The van der Waals surface area contributed by atoms with Crippen molar-refractivity contribution in [3.63, 3.8) is 0 Å². The number of hydrogen-bond donors (Lipinski definition) is 1. The summed E-state index contributed by atoms with van der Waals surface area (Å²) in [7, 11) is -4.52. The Morgan fingerprint density at radius 1 is 1.24 bits per heavy atom. The summed E-state index contributed by atoms with van der Waals surface area (Å²) in [5.41, 5.74) is -0.243. The van der Waals surface area contributed by atoms with Crippen molar-refractivity contribution < 1.29 is 32.0 Å². The molecule has 11 nitrogen and oxygen atoms in total. The highest BCUT2D eigenvalue weighted by atomic mass is 32.2.